The zero-order chi connectivity index (χ0) is 20.9. The Bertz CT molecular complexity index is 1320. The van der Waals surface area contributed by atoms with Crippen LogP contribution in [0.15, 0.2) is 78.9 Å². The first kappa shape index (κ1) is 18.1. The van der Waals surface area contributed by atoms with Crippen molar-refractivity contribution >= 4 is 23.2 Å². The van der Waals surface area contributed by atoms with Crippen molar-refractivity contribution in [2.45, 2.75) is 12.1 Å². The van der Waals surface area contributed by atoms with Crippen molar-refractivity contribution < 1.29 is 9.13 Å². The van der Waals surface area contributed by atoms with Crippen molar-refractivity contribution in [2.24, 2.45) is 0 Å². The first-order chi connectivity index (χ1) is 15.2. The van der Waals surface area contributed by atoms with Gasteiger partial charge in [-0.2, -0.15) is 10.1 Å². The van der Waals surface area contributed by atoms with Gasteiger partial charge in [0.25, 0.3) is 0 Å². The molecule has 8 heteroatoms. The maximum atomic E-state index is 13.7. The Balaban J connectivity index is 1.64. The monoisotopic (exact) mass is 431 g/mol. The minimum Gasteiger partial charge on any atom is -0.480 e. The molecule has 2 aromatic carbocycles. The maximum Gasteiger partial charge on any atom is 0.226 e. The molecule has 4 heterocycles. The topological polar surface area (TPSA) is 64.9 Å². The summed E-state index contributed by atoms with van der Waals surface area (Å²) in [6, 6.07) is 15.4. The summed E-state index contributed by atoms with van der Waals surface area (Å²) in [5.74, 6) is 0.992. The van der Waals surface area contributed by atoms with Crippen LogP contribution in [0.4, 0.5) is 10.3 Å². The van der Waals surface area contributed by atoms with Gasteiger partial charge in [0.1, 0.15) is 30.0 Å². The first-order valence-electron chi connectivity index (χ1n) is 9.71. The van der Waals surface area contributed by atoms with E-state index in [4.69, 9.17) is 16.3 Å². The van der Waals surface area contributed by atoms with Crippen molar-refractivity contribution in [3.63, 3.8) is 0 Å². The molecule has 6 nitrogen and oxygen atoms in total. The standard InChI is InChI=1S/C23H15ClFN5O/c24-15-5-8-18-17(10-15)20-19(22(31-18)13-3-6-16(25)7-4-13)21(14-2-1-9-26-11-14)30-23(29-20)27-12-28-30/h1-12,21-22H,(H,27,28,29)/t21-,22-/m1/s1. The number of hydrogen-bond acceptors (Lipinski definition) is 5. The summed E-state index contributed by atoms with van der Waals surface area (Å²) in [5, 5.41) is 8.47. The van der Waals surface area contributed by atoms with E-state index in [1.807, 2.05) is 28.9 Å². The van der Waals surface area contributed by atoms with Gasteiger partial charge in [0.2, 0.25) is 5.95 Å². The van der Waals surface area contributed by atoms with Crippen LogP contribution in [0.5, 0.6) is 5.75 Å². The molecule has 0 saturated carbocycles. The van der Waals surface area contributed by atoms with Crippen molar-refractivity contribution in [1.29, 1.82) is 0 Å². The predicted octanol–water partition coefficient (Wildman–Crippen LogP) is 5.03. The van der Waals surface area contributed by atoms with Gasteiger partial charge in [-0.15, -0.1) is 0 Å². The summed E-state index contributed by atoms with van der Waals surface area (Å²) in [4.78, 5) is 8.70. The van der Waals surface area contributed by atoms with Gasteiger partial charge < -0.3 is 10.1 Å². The van der Waals surface area contributed by atoms with Crippen molar-refractivity contribution in [2.75, 3.05) is 5.32 Å². The Morgan fingerprint density at radius 1 is 1.06 bits per heavy atom. The van der Waals surface area contributed by atoms with E-state index in [9.17, 15) is 4.39 Å². The fourth-order valence-corrected chi connectivity index (χ4v) is 4.38. The minimum atomic E-state index is -0.473. The van der Waals surface area contributed by atoms with Gasteiger partial charge in [0.15, 0.2) is 0 Å². The van der Waals surface area contributed by atoms with Gasteiger partial charge >= 0.3 is 0 Å². The second-order valence-electron chi connectivity index (χ2n) is 7.36. The lowest BCUT2D eigenvalue weighted by atomic mass is 9.85. The largest absolute Gasteiger partial charge is 0.480 e. The van der Waals surface area contributed by atoms with Gasteiger partial charge in [0.05, 0.1) is 5.70 Å². The highest BCUT2D eigenvalue weighted by Gasteiger charge is 2.41. The summed E-state index contributed by atoms with van der Waals surface area (Å²) in [7, 11) is 0. The van der Waals surface area contributed by atoms with Gasteiger partial charge in [-0.1, -0.05) is 29.8 Å². The number of rotatable bonds is 2. The summed E-state index contributed by atoms with van der Waals surface area (Å²) >= 11 is 6.32. The Labute approximate surface area is 182 Å². The smallest absolute Gasteiger partial charge is 0.226 e. The van der Waals surface area contributed by atoms with Gasteiger partial charge in [-0.05, 0) is 47.5 Å². The van der Waals surface area contributed by atoms with Crippen LogP contribution < -0.4 is 10.1 Å². The number of nitrogens with one attached hydrogen (secondary N) is 1. The van der Waals surface area contributed by atoms with E-state index in [2.05, 4.69) is 20.4 Å². The van der Waals surface area contributed by atoms with Gasteiger partial charge in [-0.25, -0.2) is 9.07 Å². The van der Waals surface area contributed by atoms with Crippen LogP contribution >= 0.6 is 11.6 Å². The second-order valence-corrected chi connectivity index (χ2v) is 7.80. The highest BCUT2D eigenvalue weighted by molar-refractivity contribution is 6.30. The van der Waals surface area contributed by atoms with E-state index in [1.54, 1.807) is 30.6 Å². The average Bonchev–Trinajstić information content (AvgIpc) is 3.27. The number of benzene rings is 2. The van der Waals surface area contributed by atoms with Crippen LogP contribution in [0.3, 0.4) is 0 Å². The third-order valence-electron chi connectivity index (χ3n) is 5.55. The zero-order valence-corrected chi connectivity index (χ0v) is 16.8. The highest BCUT2D eigenvalue weighted by Crippen LogP contribution is 2.50. The summed E-state index contributed by atoms with van der Waals surface area (Å²) in [5.41, 5.74) is 4.38. The highest BCUT2D eigenvalue weighted by atomic mass is 35.5. The van der Waals surface area contributed by atoms with Crippen LogP contribution in [0.25, 0.3) is 5.70 Å². The molecule has 0 aliphatic carbocycles. The van der Waals surface area contributed by atoms with E-state index in [-0.39, 0.29) is 11.9 Å². The molecule has 4 aromatic rings. The molecule has 2 atom stereocenters. The zero-order valence-electron chi connectivity index (χ0n) is 16.0. The third-order valence-corrected chi connectivity index (χ3v) is 5.78. The Kier molecular flexibility index (Phi) is 4.04. The van der Waals surface area contributed by atoms with E-state index in [1.165, 1.54) is 18.5 Å². The molecule has 1 N–H and O–H groups in total. The number of nitrogens with zero attached hydrogens (tertiary/aromatic N) is 4. The summed E-state index contributed by atoms with van der Waals surface area (Å²) in [6.07, 6.45) is 4.57. The van der Waals surface area contributed by atoms with Crippen molar-refractivity contribution in [3.05, 3.63) is 106 Å². The van der Waals surface area contributed by atoms with E-state index < -0.39 is 6.10 Å². The Hall–Kier alpha value is -3.71. The molecule has 0 amide bonds. The lowest BCUT2D eigenvalue weighted by Gasteiger charge is -2.38. The third kappa shape index (κ3) is 2.89. The molecular weight excluding hydrogens is 417 g/mol. The van der Waals surface area contributed by atoms with Crippen molar-refractivity contribution in [3.8, 4) is 5.75 Å². The van der Waals surface area contributed by atoms with Gasteiger partial charge in [0, 0.05) is 28.6 Å². The molecule has 6 rings (SSSR count). The number of halogens is 2. The molecule has 31 heavy (non-hydrogen) atoms. The second kappa shape index (κ2) is 6.92. The molecule has 0 saturated heterocycles. The lowest BCUT2D eigenvalue weighted by molar-refractivity contribution is 0.223. The molecule has 0 bridgehead atoms. The molecule has 2 aliphatic rings. The first-order valence-corrected chi connectivity index (χ1v) is 10.1. The normalized spacial score (nSPS) is 19.0. The molecule has 0 spiro atoms. The number of ether oxygens (including phenoxy) is 1. The number of pyridine rings is 1. The predicted molar refractivity (Wildman–Crippen MR) is 114 cm³/mol. The molecular formula is C23H15ClFN5O. The van der Waals surface area contributed by atoms with E-state index in [0.717, 1.165) is 28.0 Å². The molecule has 0 unspecified atom stereocenters. The molecule has 2 aromatic heterocycles. The van der Waals surface area contributed by atoms with Crippen LogP contribution in [0.2, 0.25) is 5.02 Å². The average molecular weight is 432 g/mol. The van der Waals surface area contributed by atoms with E-state index >= 15 is 0 Å². The molecule has 0 fully saturated rings. The number of aromatic nitrogens is 4. The summed E-state index contributed by atoms with van der Waals surface area (Å²) in [6.45, 7) is 0. The quantitative estimate of drug-likeness (QED) is 0.482. The van der Waals surface area contributed by atoms with Crippen LogP contribution in [0.1, 0.15) is 28.8 Å². The minimum absolute atomic E-state index is 0.301. The maximum absolute atomic E-state index is 13.7. The van der Waals surface area contributed by atoms with Crippen LogP contribution in [-0.2, 0) is 0 Å². The lowest BCUT2D eigenvalue weighted by Crippen LogP contribution is -2.32. The van der Waals surface area contributed by atoms with Crippen LogP contribution in [0, 0.1) is 5.82 Å². The van der Waals surface area contributed by atoms with Crippen molar-refractivity contribution in [1.82, 2.24) is 19.7 Å². The number of fused-ring (bicyclic) bond motifs is 3. The summed E-state index contributed by atoms with van der Waals surface area (Å²) < 4.78 is 21.9. The fourth-order valence-electron chi connectivity index (χ4n) is 4.21. The van der Waals surface area contributed by atoms with Crippen LogP contribution in [-0.4, -0.2) is 19.7 Å². The fraction of sp³-hybridized carbons (Fsp3) is 0.0870. The van der Waals surface area contributed by atoms with E-state index in [0.29, 0.717) is 16.7 Å². The molecule has 2 aliphatic heterocycles. The number of hydrogen-bond donors (Lipinski definition) is 1. The Morgan fingerprint density at radius 3 is 2.74 bits per heavy atom. The molecule has 152 valence electrons. The number of anilines is 1. The Morgan fingerprint density at radius 2 is 1.94 bits per heavy atom. The SMILES string of the molecule is Fc1ccc([C@H]2Oc3ccc(Cl)cc3C3=C2[C@@H](c2cccnc2)n2ncnc2N3)cc1. The van der Waals surface area contributed by atoms with Gasteiger partial charge in [-0.3, -0.25) is 4.98 Å². The molecule has 0 radical (unpaired) electrons.